The Balaban J connectivity index is 1.87. The molecule has 146 valence electrons. The van der Waals surface area contributed by atoms with Crippen molar-refractivity contribution in [2.24, 2.45) is 0 Å². The first-order chi connectivity index (χ1) is 13.3. The molecule has 0 radical (unpaired) electrons. The number of ether oxygens (including phenoxy) is 1. The molecule has 0 fully saturated rings. The predicted molar refractivity (Wildman–Crippen MR) is 101 cm³/mol. The molecule has 2 aromatic rings. The number of amides is 2. The Morgan fingerprint density at radius 3 is 2.39 bits per heavy atom. The number of urea groups is 1. The van der Waals surface area contributed by atoms with Crippen molar-refractivity contribution in [2.75, 3.05) is 7.11 Å². The molecule has 0 aromatic heterocycles. The summed E-state index contributed by atoms with van der Waals surface area (Å²) in [5, 5.41) is 1.18. The van der Waals surface area contributed by atoms with Crippen molar-refractivity contribution in [2.45, 2.75) is 17.9 Å². The summed E-state index contributed by atoms with van der Waals surface area (Å²) in [5.41, 5.74) is 4.21. The summed E-state index contributed by atoms with van der Waals surface area (Å²) in [4.78, 5) is 24.3. The molecule has 0 spiro atoms. The van der Waals surface area contributed by atoms with E-state index < -0.39 is 28.1 Å². The molecule has 8 nitrogen and oxygen atoms in total. The number of benzene rings is 2. The van der Waals surface area contributed by atoms with Crippen LogP contribution in [-0.2, 0) is 14.8 Å². The largest absolute Gasteiger partial charge is 0.465 e. The van der Waals surface area contributed by atoms with Gasteiger partial charge in [0, 0.05) is 5.70 Å². The van der Waals surface area contributed by atoms with Crippen molar-refractivity contribution < 1.29 is 22.7 Å². The maximum atomic E-state index is 12.8. The molecule has 0 saturated heterocycles. The molecule has 1 atom stereocenters. The van der Waals surface area contributed by atoms with Crippen LogP contribution in [0.2, 0.25) is 0 Å². The molecule has 0 bridgehead atoms. The number of hydrogen-bond donors (Lipinski definition) is 2. The SMILES string of the molecule is COC(=O)c1ccccc1S(=O)(=O)NC(=O)N1NC(C)=CC1c1ccccc1. The highest BCUT2D eigenvalue weighted by Crippen LogP contribution is 2.27. The van der Waals surface area contributed by atoms with E-state index in [9.17, 15) is 18.0 Å². The first-order valence-corrected chi connectivity index (χ1v) is 9.85. The Morgan fingerprint density at radius 1 is 1.07 bits per heavy atom. The van der Waals surface area contributed by atoms with Crippen molar-refractivity contribution in [1.82, 2.24) is 15.2 Å². The van der Waals surface area contributed by atoms with Gasteiger partial charge in [-0.1, -0.05) is 42.5 Å². The number of carbonyl (C=O) groups excluding carboxylic acids is 2. The van der Waals surface area contributed by atoms with Gasteiger partial charge in [-0.3, -0.25) is 5.43 Å². The molecular weight excluding hydrogens is 382 g/mol. The molecule has 0 aliphatic carbocycles. The van der Waals surface area contributed by atoms with Crippen LogP contribution in [0, 0.1) is 0 Å². The van der Waals surface area contributed by atoms with Crippen LogP contribution in [0.15, 0.2) is 71.3 Å². The second-order valence-electron chi connectivity index (χ2n) is 6.09. The number of carbonyl (C=O) groups is 2. The van der Waals surface area contributed by atoms with Crippen molar-refractivity contribution in [3.63, 3.8) is 0 Å². The van der Waals surface area contributed by atoms with Crippen LogP contribution >= 0.6 is 0 Å². The van der Waals surface area contributed by atoms with Gasteiger partial charge in [0.25, 0.3) is 10.0 Å². The van der Waals surface area contributed by atoms with Gasteiger partial charge in [-0.2, -0.15) is 0 Å². The molecule has 1 aliphatic rings. The van der Waals surface area contributed by atoms with Gasteiger partial charge >= 0.3 is 12.0 Å². The standard InChI is InChI=1S/C19H19N3O5S/c1-13-12-16(14-8-4-3-5-9-14)22(20-13)19(24)21-28(25,26)17-11-7-6-10-15(17)18(23)27-2/h3-12,16,20H,1-2H3,(H,21,24). The van der Waals surface area contributed by atoms with E-state index in [1.54, 1.807) is 6.92 Å². The fourth-order valence-corrected chi connectivity index (χ4v) is 4.02. The van der Waals surface area contributed by atoms with E-state index in [2.05, 4.69) is 10.2 Å². The van der Waals surface area contributed by atoms with E-state index in [0.29, 0.717) is 5.70 Å². The number of hydrazine groups is 1. The molecule has 2 amide bonds. The van der Waals surface area contributed by atoms with Gasteiger partial charge < -0.3 is 4.74 Å². The highest BCUT2D eigenvalue weighted by Gasteiger charge is 2.32. The van der Waals surface area contributed by atoms with Crippen LogP contribution in [0.1, 0.15) is 28.9 Å². The lowest BCUT2D eigenvalue weighted by molar-refractivity contribution is 0.0596. The Hall–Kier alpha value is -3.33. The quantitative estimate of drug-likeness (QED) is 0.762. The highest BCUT2D eigenvalue weighted by molar-refractivity contribution is 7.90. The van der Waals surface area contributed by atoms with Gasteiger partial charge in [-0.15, -0.1) is 0 Å². The van der Waals surface area contributed by atoms with E-state index in [4.69, 9.17) is 0 Å². The van der Waals surface area contributed by atoms with Gasteiger partial charge in [0.15, 0.2) is 0 Å². The molecule has 1 heterocycles. The third-order valence-corrected chi connectivity index (χ3v) is 5.52. The molecule has 3 rings (SSSR count). The molecular formula is C19H19N3O5S. The van der Waals surface area contributed by atoms with Gasteiger partial charge in [-0.25, -0.2) is 27.7 Å². The monoisotopic (exact) mass is 401 g/mol. The van der Waals surface area contributed by atoms with Crippen LogP contribution in [0.25, 0.3) is 0 Å². The zero-order valence-electron chi connectivity index (χ0n) is 15.2. The number of rotatable bonds is 4. The minimum atomic E-state index is -4.31. The maximum absolute atomic E-state index is 12.8. The second-order valence-corrected chi connectivity index (χ2v) is 7.74. The predicted octanol–water partition coefficient (Wildman–Crippen LogP) is 2.34. The molecule has 2 N–H and O–H groups in total. The summed E-state index contributed by atoms with van der Waals surface area (Å²) < 4.78 is 32.1. The smallest absolute Gasteiger partial charge is 0.350 e. The third-order valence-electron chi connectivity index (χ3n) is 4.15. The van der Waals surface area contributed by atoms with Crippen LogP contribution in [0.5, 0.6) is 0 Å². The van der Waals surface area contributed by atoms with E-state index in [1.165, 1.54) is 29.3 Å². The summed E-state index contributed by atoms with van der Waals surface area (Å²) in [5.74, 6) is -0.813. The highest BCUT2D eigenvalue weighted by atomic mass is 32.2. The Labute approximate surface area is 162 Å². The first-order valence-electron chi connectivity index (χ1n) is 8.37. The van der Waals surface area contributed by atoms with E-state index in [0.717, 1.165) is 12.7 Å². The Kier molecular flexibility index (Phi) is 5.36. The van der Waals surface area contributed by atoms with Crippen molar-refractivity contribution >= 4 is 22.0 Å². The van der Waals surface area contributed by atoms with Crippen molar-refractivity contribution in [3.8, 4) is 0 Å². The summed E-state index contributed by atoms with van der Waals surface area (Å²) in [6.45, 7) is 1.77. The third kappa shape index (κ3) is 3.84. The number of nitrogens with zero attached hydrogens (tertiary/aromatic N) is 1. The number of allylic oxidation sites excluding steroid dienone is 1. The minimum Gasteiger partial charge on any atom is -0.465 e. The molecule has 2 aromatic carbocycles. The van der Waals surface area contributed by atoms with Crippen molar-refractivity contribution in [3.05, 3.63) is 77.5 Å². The van der Waals surface area contributed by atoms with E-state index in [-0.39, 0.29) is 10.5 Å². The number of hydrogen-bond acceptors (Lipinski definition) is 6. The second kappa shape index (κ2) is 7.73. The fraction of sp³-hybridized carbons (Fsp3) is 0.158. The molecule has 1 aliphatic heterocycles. The normalized spacial score (nSPS) is 16.1. The van der Waals surface area contributed by atoms with Crippen LogP contribution in [0.3, 0.4) is 0 Å². The maximum Gasteiger partial charge on any atom is 0.350 e. The first kappa shape index (κ1) is 19.4. The van der Waals surface area contributed by atoms with Gasteiger partial charge in [0.1, 0.15) is 10.9 Å². The van der Waals surface area contributed by atoms with Gasteiger partial charge in [0.2, 0.25) is 0 Å². The van der Waals surface area contributed by atoms with E-state index in [1.807, 2.05) is 41.1 Å². The summed E-state index contributed by atoms with van der Waals surface area (Å²) in [6, 6.07) is 13.3. The van der Waals surface area contributed by atoms with Crippen LogP contribution < -0.4 is 10.1 Å². The summed E-state index contributed by atoms with van der Waals surface area (Å²) in [6.07, 6.45) is 1.81. The van der Waals surface area contributed by atoms with Gasteiger partial charge in [0.05, 0.1) is 12.7 Å². The Bertz CT molecular complexity index is 1030. The molecule has 1 unspecified atom stereocenters. The number of sulfonamides is 1. The molecule has 0 saturated carbocycles. The Morgan fingerprint density at radius 2 is 1.71 bits per heavy atom. The average Bonchev–Trinajstić information content (AvgIpc) is 3.09. The number of methoxy groups -OCH3 is 1. The van der Waals surface area contributed by atoms with Gasteiger partial charge in [-0.05, 0) is 30.7 Å². The minimum absolute atomic E-state index is 0.159. The van der Waals surface area contributed by atoms with Crippen molar-refractivity contribution in [1.29, 1.82) is 0 Å². The van der Waals surface area contributed by atoms with E-state index >= 15 is 0 Å². The number of esters is 1. The summed E-state index contributed by atoms with van der Waals surface area (Å²) >= 11 is 0. The topological polar surface area (TPSA) is 105 Å². The average molecular weight is 401 g/mol. The van der Waals surface area contributed by atoms with Crippen LogP contribution in [-0.4, -0.2) is 32.5 Å². The fourth-order valence-electron chi connectivity index (χ4n) is 2.88. The summed E-state index contributed by atoms with van der Waals surface area (Å²) in [7, 11) is -3.16. The lowest BCUT2D eigenvalue weighted by Crippen LogP contribution is -2.47. The van der Waals surface area contributed by atoms with Crippen LogP contribution in [0.4, 0.5) is 4.79 Å². The number of nitrogens with one attached hydrogen (secondary N) is 2. The zero-order chi connectivity index (χ0) is 20.3. The molecule has 28 heavy (non-hydrogen) atoms. The lowest BCUT2D eigenvalue weighted by atomic mass is 10.1. The zero-order valence-corrected chi connectivity index (χ0v) is 16.1. The molecule has 9 heteroatoms. The lowest BCUT2D eigenvalue weighted by Gasteiger charge is -2.25.